The molecule has 3 rings (SSSR count). The zero-order valence-corrected chi connectivity index (χ0v) is 11.0. The third-order valence-electron chi connectivity index (χ3n) is 3.13. The van der Waals surface area contributed by atoms with Crippen molar-refractivity contribution in [1.82, 2.24) is 9.55 Å². The molecule has 1 unspecified atom stereocenters. The molecule has 2 heterocycles. The second-order valence-electron chi connectivity index (χ2n) is 4.58. The number of nitrogens with zero attached hydrogens (tertiary/aromatic N) is 1. The van der Waals surface area contributed by atoms with E-state index in [4.69, 9.17) is 16.3 Å². The number of H-pyrrole nitrogens is 1. The zero-order valence-electron chi connectivity index (χ0n) is 10.2. The number of rotatable bonds is 2. The van der Waals surface area contributed by atoms with Crippen molar-refractivity contribution in [2.75, 3.05) is 0 Å². The first kappa shape index (κ1) is 12.9. The molecule has 7 heteroatoms. The average Bonchev–Trinajstić information content (AvgIpc) is 2.77. The summed E-state index contributed by atoms with van der Waals surface area (Å²) >= 11 is 5.69. The van der Waals surface area contributed by atoms with Gasteiger partial charge in [0.2, 0.25) is 0 Å². The molecule has 1 aliphatic rings. The SMILES string of the molecule is O=c1[nH]c(=O)n(CC2Cc3cc(F)ccc3O2)cc1Cl. The Morgan fingerprint density at radius 2 is 2.25 bits per heavy atom. The lowest BCUT2D eigenvalue weighted by Gasteiger charge is -2.12. The third kappa shape index (κ3) is 2.34. The highest BCUT2D eigenvalue weighted by atomic mass is 35.5. The van der Waals surface area contributed by atoms with Crippen LogP contribution in [0.5, 0.6) is 5.75 Å². The highest BCUT2D eigenvalue weighted by molar-refractivity contribution is 6.30. The minimum absolute atomic E-state index is 0.0637. The van der Waals surface area contributed by atoms with Crippen LogP contribution in [0.4, 0.5) is 4.39 Å². The molecule has 0 fully saturated rings. The molecule has 0 saturated carbocycles. The smallest absolute Gasteiger partial charge is 0.328 e. The Labute approximate surface area is 117 Å². The fourth-order valence-corrected chi connectivity index (χ4v) is 2.39. The number of aromatic amines is 1. The summed E-state index contributed by atoms with van der Waals surface area (Å²) in [4.78, 5) is 24.9. The predicted molar refractivity (Wildman–Crippen MR) is 70.9 cm³/mol. The Hall–Kier alpha value is -2.08. The second kappa shape index (κ2) is 4.79. The van der Waals surface area contributed by atoms with Gasteiger partial charge in [-0.2, -0.15) is 0 Å². The van der Waals surface area contributed by atoms with Gasteiger partial charge in [-0.25, -0.2) is 9.18 Å². The van der Waals surface area contributed by atoms with Crippen molar-refractivity contribution in [2.24, 2.45) is 0 Å². The van der Waals surface area contributed by atoms with Crippen molar-refractivity contribution in [1.29, 1.82) is 0 Å². The first-order valence-electron chi connectivity index (χ1n) is 5.97. The molecule has 5 nitrogen and oxygen atoms in total. The van der Waals surface area contributed by atoms with Crippen LogP contribution in [-0.4, -0.2) is 15.7 Å². The highest BCUT2D eigenvalue weighted by Gasteiger charge is 2.24. The Morgan fingerprint density at radius 3 is 3.05 bits per heavy atom. The number of benzene rings is 1. The molecule has 1 aliphatic heterocycles. The molecule has 1 atom stereocenters. The summed E-state index contributed by atoms with van der Waals surface area (Å²) in [5, 5.41) is -0.0637. The topological polar surface area (TPSA) is 64.1 Å². The molecule has 1 aromatic carbocycles. The number of hydrogen-bond donors (Lipinski definition) is 1. The zero-order chi connectivity index (χ0) is 14.3. The van der Waals surface area contributed by atoms with E-state index in [9.17, 15) is 14.0 Å². The van der Waals surface area contributed by atoms with Gasteiger partial charge in [0.15, 0.2) is 0 Å². The van der Waals surface area contributed by atoms with E-state index in [1.54, 1.807) is 6.07 Å². The lowest BCUT2D eigenvalue weighted by Crippen LogP contribution is -2.34. The van der Waals surface area contributed by atoms with Gasteiger partial charge < -0.3 is 4.74 Å². The normalized spacial score (nSPS) is 16.8. The number of fused-ring (bicyclic) bond motifs is 1. The van der Waals surface area contributed by atoms with Crippen LogP contribution in [0, 0.1) is 5.82 Å². The van der Waals surface area contributed by atoms with Crippen molar-refractivity contribution in [3.8, 4) is 5.75 Å². The summed E-state index contributed by atoms with van der Waals surface area (Å²) in [5.74, 6) is 0.289. The van der Waals surface area contributed by atoms with Crippen molar-refractivity contribution in [3.05, 3.63) is 61.6 Å². The van der Waals surface area contributed by atoms with E-state index in [-0.39, 0.29) is 23.5 Å². The average molecular weight is 297 g/mol. The first-order valence-corrected chi connectivity index (χ1v) is 6.35. The van der Waals surface area contributed by atoms with E-state index in [0.717, 1.165) is 5.56 Å². The van der Waals surface area contributed by atoms with Crippen LogP contribution < -0.4 is 16.0 Å². The van der Waals surface area contributed by atoms with Crippen molar-refractivity contribution in [2.45, 2.75) is 19.1 Å². The first-order chi connectivity index (χ1) is 9.52. The molecule has 0 saturated heterocycles. The fraction of sp³-hybridized carbons (Fsp3) is 0.231. The van der Waals surface area contributed by atoms with Gasteiger partial charge >= 0.3 is 5.69 Å². The van der Waals surface area contributed by atoms with Crippen molar-refractivity contribution >= 4 is 11.6 Å². The maximum absolute atomic E-state index is 13.1. The largest absolute Gasteiger partial charge is 0.488 e. The van der Waals surface area contributed by atoms with Crippen LogP contribution in [0.25, 0.3) is 0 Å². The van der Waals surface area contributed by atoms with Gasteiger partial charge in [0.05, 0.1) is 6.54 Å². The van der Waals surface area contributed by atoms with Crippen molar-refractivity contribution in [3.63, 3.8) is 0 Å². The lowest BCUT2D eigenvalue weighted by atomic mass is 10.1. The highest BCUT2D eigenvalue weighted by Crippen LogP contribution is 2.29. The maximum Gasteiger partial charge on any atom is 0.328 e. The Balaban J connectivity index is 1.83. The van der Waals surface area contributed by atoms with Crippen LogP contribution >= 0.6 is 11.6 Å². The van der Waals surface area contributed by atoms with E-state index in [2.05, 4.69) is 4.98 Å². The predicted octanol–water partition coefficient (Wildman–Crippen LogP) is 1.33. The lowest BCUT2D eigenvalue weighted by molar-refractivity contribution is 0.206. The number of aromatic nitrogens is 2. The summed E-state index contributed by atoms with van der Waals surface area (Å²) in [5.41, 5.74) is -0.408. The summed E-state index contributed by atoms with van der Waals surface area (Å²) in [6.45, 7) is 0.228. The van der Waals surface area contributed by atoms with Crippen molar-refractivity contribution < 1.29 is 9.13 Å². The third-order valence-corrected chi connectivity index (χ3v) is 3.40. The molecule has 0 radical (unpaired) electrons. The molecule has 2 aromatic rings. The molecule has 0 bridgehead atoms. The molecular weight excluding hydrogens is 287 g/mol. The summed E-state index contributed by atoms with van der Waals surface area (Å²) in [6, 6.07) is 4.30. The quantitative estimate of drug-likeness (QED) is 0.909. The van der Waals surface area contributed by atoms with Gasteiger partial charge in [-0.05, 0) is 18.2 Å². The Bertz CT molecular complexity index is 784. The summed E-state index contributed by atoms with van der Waals surface area (Å²) < 4.78 is 20.0. The minimum atomic E-state index is -0.620. The molecule has 0 spiro atoms. The van der Waals surface area contributed by atoms with Gasteiger partial charge in [0.1, 0.15) is 22.7 Å². The molecule has 1 N–H and O–H groups in total. The van der Waals surface area contributed by atoms with Crippen LogP contribution in [0.1, 0.15) is 5.56 Å². The summed E-state index contributed by atoms with van der Waals surface area (Å²) in [6.07, 6.45) is 1.47. The van der Waals surface area contributed by atoms with Gasteiger partial charge in [0.25, 0.3) is 5.56 Å². The molecule has 0 aliphatic carbocycles. The van der Waals surface area contributed by atoms with Gasteiger partial charge in [-0.3, -0.25) is 14.3 Å². The molecule has 20 heavy (non-hydrogen) atoms. The van der Waals surface area contributed by atoms with Gasteiger partial charge in [0, 0.05) is 18.2 Å². The molecule has 104 valence electrons. The standard InChI is InChI=1S/C13H10ClFN2O3/c14-10-6-17(13(19)16-12(10)18)5-9-4-7-3-8(15)1-2-11(7)20-9/h1-3,6,9H,4-5H2,(H,16,18,19). The van der Waals surface area contributed by atoms with Crippen LogP contribution in [-0.2, 0) is 13.0 Å². The van der Waals surface area contributed by atoms with Crippen LogP contribution in [0.3, 0.4) is 0 Å². The molecule has 1 aromatic heterocycles. The second-order valence-corrected chi connectivity index (χ2v) is 4.99. The Morgan fingerprint density at radius 1 is 1.45 bits per heavy atom. The van der Waals surface area contributed by atoms with E-state index >= 15 is 0 Å². The van der Waals surface area contributed by atoms with E-state index in [1.165, 1.54) is 22.9 Å². The van der Waals surface area contributed by atoms with Crippen LogP contribution in [0.2, 0.25) is 5.02 Å². The van der Waals surface area contributed by atoms with Gasteiger partial charge in [-0.15, -0.1) is 0 Å². The number of hydrogen-bond acceptors (Lipinski definition) is 3. The van der Waals surface area contributed by atoms with Crippen LogP contribution in [0.15, 0.2) is 34.0 Å². The van der Waals surface area contributed by atoms with E-state index in [0.29, 0.717) is 12.2 Å². The van der Waals surface area contributed by atoms with E-state index in [1.807, 2.05) is 0 Å². The van der Waals surface area contributed by atoms with Gasteiger partial charge in [-0.1, -0.05) is 11.6 Å². The monoisotopic (exact) mass is 296 g/mol. The summed E-state index contributed by atoms with van der Waals surface area (Å²) in [7, 11) is 0. The number of nitrogens with one attached hydrogen (secondary N) is 1. The molecule has 0 amide bonds. The Kier molecular flexibility index (Phi) is 3.10. The maximum atomic E-state index is 13.1. The molecular formula is C13H10ClFN2O3. The minimum Gasteiger partial charge on any atom is -0.488 e. The fourth-order valence-electron chi connectivity index (χ4n) is 2.23. The van der Waals surface area contributed by atoms with E-state index < -0.39 is 11.2 Å². The number of ether oxygens (including phenoxy) is 1. The number of halogens is 2.